The van der Waals surface area contributed by atoms with Gasteiger partial charge in [-0.15, -0.1) is 0 Å². The number of nitrogens with two attached hydrogens (primary N) is 1. The zero-order chi connectivity index (χ0) is 9.99. The van der Waals surface area contributed by atoms with Crippen molar-refractivity contribution in [2.75, 3.05) is 0 Å². The van der Waals surface area contributed by atoms with Crippen LogP contribution in [0.5, 0.6) is 0 Å². The van der Waals surface area contributed by atoms with Gasteiger partial charge in [-0.25, -0.2) is 0 Å². The number of hydrogen-bond acceptors (Lipinski definition) is 1. The minimum atomic E-state index is 0.00637. The molecule has 0 aliphatic carbocycles. The lowest BCUT2D eigenvalue weighted by Gasteiger charge is -2.33. The van der Waals surface area contributed by atoms with Crippen LogP contribution in [-0.2, 0) is 0 Å². The van der Waals surface area contributed by atoms with Crippen molar-refractivity contribution >= 4 is 0 Å². The molecule has 0 aromatic heterocycles. The van der Waals surface area contributed by atoms with Crippen LogP contribution in [0.3, 0.4) is 0 Å². The third-order valence-electron chi connectivity index (χ3n) is 1.81. The van der Waals surface area contributed by atoms with Crippen LogP contribution in [0.4, 0.5) is 0 Å². The van der Waals surface area contributed by atoms with E-state index >= 15 is 0 Å². The van der Waals surface area contributed by atoms with Gasteiger partial charge in [-0.3, -0.25) is 0 Å². The first-order valence-electron chi connectivity index (χ1n) is 4.91. The third-order valence-corrected chi connectivity index (χ3v) is 1.81. The second kappa shape index (κ2) is 3.78. The standard InChI is InChI=1S/C11H25N/c1-9(2)7-11(6,12)8-10(3,4)5/h9H,7-8,12H2,1-6H3/t11-/m0/s1. The second-order valence-electron chi connectivity index (χ2n) is 5.99. The molecule has 0 saturated heterocycles. The van der Waals surface area contributed by atoms with E-state index in [2.05, 4.69) is 41.5 Å². The Kier molecular flexibility index (Phi) is 3.77. The van der Waals surface area contributed by atoms with Crippen molar-refractivity contribution in [1.82, 2.24) is 0 Å². The van der Waals surface area contributed by atoms with Gasteiger partial charge in [0.25, 0.3) is 0 Å². The van der Waals surface area contributed by atoms with Gasteiger partial charge in [0.2, 0.25) is 0 Å². The predicted octanol–water partition coefficient (Wildman–Crippen LogP) is 3.19. The van der Waals surface area contributed by atoms with Crippen LogP contribution < -0.4 is 5.73 Å². The fourth-order valence-electron chi connectivity index (χ4n) is 2.22. The molecule has 0 unspecified atom stereocenters. The molecule has 1 nitrogen and oxygen atoms in total. The highest BCUT2D eigenvalue weighted by atomic mass is 14.7. The SMILES string of the molecule is CC(C)C[C@](C)(N)CC(C)(C)C. The van der Waals surface area contributed by atoms with Crippen LogP contribution in [0.2, 0.25) is 0 Å². The highest BCUT2D eigenvalue weighted by Gasteiger charge is 2.26. The Balaban J connectivity index is 4.04. The van der Waals surface area contributed by atoms with Crippen molar-refractivity contribution in [3.05, 3.63) is 0 Å². The lowest BCUT2D eigenvalue weighted by atomic mass is 9.77. The fourth-order valence-corrected chi connectivity index (χ4v) is 2.22. The molecule has 0 aromatic carbocycles. The minimum absolute atomic E-state index is 0.00637. The van der Waals surface area contributed by atoms with Gasteiger partial charge in [0.1, 0.15) is 0 Å². The molecular weight excluding hydrogens is 146 g/mol. The Bertz CT molecular complexity index is 128. The Labute approximate surface area is 77.7 Å². The van der Waals surface area contributed by atoms with E-state index in [4.69, 9.17) is 5.73 Å². The average molecular weight is 171 g/mol. The van der Waals surface area contributed by atoms with E-state index in [-0.39, 0.29) is 5.54 Å². The van der Waals surface area contributed by atoms with E-state index < -0.39 is 0 Å². The molecule has 1 atom stereocenters. The summed E-state index contributed by atoms with van der Waals surface area (Å²) in [5, 5.41) is 0. The van der Waals surface area contributed by atoms with Crippen LogP contribution in [0.15, 0.2) is 0 Å². The van der Waals surface area contributed by atoms with Crippen LogP contribution >= 0.6 is 0 Å². The van der Waals surface area contributed by atoms with Crippen molar-refractivity contribution < 1.29 is 0 Å². The highest BCUT2D eigenvalue weighted by molar-refractivity contribution is 4.84. The molecule has 2 N–H and O–H groups in total. The second-order valence-corrected chi connectivity index (χ2v) is 5.99. The summed E-state index contributed by atoms with van der Waals surface area (Å²) in [5.74, 6) is 0.697. The summed E-state index contributed by atoms with van der Waals surface area (Å²) in [6.45, 7) is 13.4. The Morgan fingerprint density at radius 3 is 1.75 bits per heavy atom. The van der Waals surface area contributed by atoms with E-state index in [1.165, 1.54) is 0 Å². The lowest BCUT2D eigenvalue weighted by molar-refractivity contribution is 0.239. The van der Waals surface area contributed by atoms with Gasteiger partial charge in [-0.2, -0.15) is 0 Å². The maximum Gasteiger partial charge on any atom is 0.0133 e. The van der Waals surface area contributed by atoms with Crippen molar-refractivity contribution in [2.45, 2.75) is 59.9 Å². The zero-order valence-corrected chi connectivity index (χ0v) is 9.57. The van der Waals surface area contributed by atoms with Gasteiger partial charge < -0.3 is 5.73 Å². The fraction of sp³-hybridized carbons (Fsp3) is 1.00. The zero-order valence-electron chi connectivity index (χ0n) is 9.57. The number of rotatable bonds is 3. The molecular formula is C11H25N. The predicted molar refractivity (Wildman–Crippen MR) is 56.1 cm³/mol. The normalized spacial score (nSPS) is 18.0. The number of hydrogen-bond donors (Lipinski definition) is 1. The van der Waals surface area contributed by atoms with Gasteiger partial charge in [0.05, 0.1) is 0 Å². The summed E-state index contributed by atoms with van der Waals surface area (Å²) in [6.07, 6.45) is 2.21. The van der Waals surface area contributed by atoms with Crippen molar-refractivity contribution in [1.29, 1.82) is 0 Å². The first kappa shape index (κ1) is 12.0. The molecule has 1 heteroatoms. The van der Waals surface area contributed by atoms with Gasteiger partial charge in [-0.05, 0) is 31.1 Å². The van der Waals surface area contributed by atoms with Gasteiger partial charge in [-0.1, -0.05) is 34.6 Å². The first-order valence-corrected chi connectivity index (χ1v) is 4.91. The maximum atomic E-state index is 6.20. The summed E-state index contributed by atoms with van der Waals surface area (Å²) >= 11 is 0. The van der Waals surface area contributed by atoms with Crippen LogP contribution in [-0.4, -0.2) is 5.54 Å². The highest BCUT2D eigenvalue weighted by Crippen LogP contribution is 2.29. The lowest BCUT2D eigenvalue weighted by Crippen LogP contribution is -2.41. The van der Waals surface area contributed by atoms with Gasteiger partial charge in [0, 0.05) is 5.54 Å². The molecule has 0 amide bonds. The average Bonchev–Trinajstić information content (AvgIpc) is 1.48. The van der Waals surface area contributed by atoms with Crippen LogP contribution in [0.25, 0.3) is 0 Å². The minimum Gasteiger partial charge on any atom is -0.325 e. The molecule has 0 spiro atoms. The molecule has 0 saturated carbocycles. The summed E-state index contributed by atoms with van der Waals surface area (Å²) in [5.41, 5.74) is 6.56. The molecule has 12 heavy (non-hydrogen) atoms. The smallest absolute Gasteiger partial charge is 0.0133 e. The van der Waals surface area contributed by atoms with Crippen molar-refractivity contribution in [3.8, 4) is 0 Å². The van der Waals surface area contributed by atoms with E-state index in [0.29, 0.717) is 11.3 Å². The monoisotopic (exact) mass is 171 g/mol. The molecule has 0 aromatic rings. The maximum absolute atomic E-state index is 6.20. The molecule has 0 aliphatic heterocycles. The molecule has 0 aliphatic rings. The van der Waals surface area contributed by atoms with Gasteiger partial charge in [0.15, 0.2) is 0 Å². The van der Waals surface area contributed by atoms with Crippen molar-refractivity contribution in [2.24, 2.45) is 17.1 Å². The van der Waals surface area contributed by atoms with Gasteiger partial charge >= 0.3 is 0 Å². The molecule has 74 valence electrons. The third kappa shape index (κ3) is 6.66. The summed E-state index contributed by atoms with van der Waals surface area (Å²) in [6, 6.07) is 0. The Morgan fingerprint density at radius 1 is 1.08 bits per heavy atom. The first-order chi connectivity index (χ1) is 5.12. The Hall–Kier alpha value is -0.0400. The molecule has 0 radical (unpaired) electrons. The molecule has 0 heterocycles. The van der Waals surface area contributed by atoms with E-state index in [9.17, 15) is 0 Å². The van der Waals surface area contributed by atoms with E-state index in [1.807, 2.05) is 0 Å². The largest absolute Gasteiger partial charge is 0.325 e. The summed E-state index contributed by atoms with van der Waals surface area (Å²) < 4.78 is 0. The van der Waals surface area contributed by atoms with Crippen molar-refractivity contribution in [3.63, 3.8) is 0 Å². The quantitative estimate of drug-likeness (QED) is 0.693. The molecule has 0 bridgehead atoms. The summed E-state index contributed by atoms with van der Waals surface area (Å²) in [4.78, 5) is 0. The topological polar surface area (TPSA) is 26.0 Å². The van der Waals surface area contributed by atoms with E-state index in [0.717, 1.165) is 12.8 Å². The Morgan fingerprint density at radius 2 is 1.50 bits per heavy atom. The van der Waals surface area contributed by atoms with Crippen LogP contribution in [0.1, 0.15) is 54.4 Å². The van der Waals surface area contributed by atoms with E-state index in [1.54, 1.807) is 0 Å². The molecule has 0 rings (SSSR count). The summed E-state index contributed by atoms with van der Waals surface area (Å²) in [7, 11) is 0. The molecule has 0 fully saturated rings. The van der Waals surface area contributed by atoms with Crippen LogP contribution in [0, 0.1) is 11.3 Å².